The zero-order chi connectivity index (χ0) is 15.5. The fourth-order valence-electron chi connectivity index (χ4n) is 2.20. The van der Waals surface area contributed by atoms with Gasteiger partial charge in [0.1, 0.15) is 5.52 Å². The Hall–Kier alpha value is -2.33. The lowest BCUT2D eigenvalue weighted by Crippen LogP contribution is -2.13. The van der Waals surface area contributed by atoms with Gasteiger partial charge >= 0.3 is 0 Å². The summed E-state index contributed by atoms with van der Waals surface area (Å²) in [4.78, 5) is 16.4. The topological polar surface area (TPSA) is 55.1 Å². The van der Waals surface area contributed by atoms with Gasteiger partial charge in [-0.2, -0.15) is 0 Å². The normalized spacial score (nSPS) is 10.8. The number of amides is 1. The molecule has 112 valence electrons. The molecule has 0 unspecified atom stereocenters. The van der Waals surface area contributed by atoms with Crippen molar-refractivity contribution in [1.82, 2.24) is 4.98 Å². The Morgan fingerprint density at radius 1 is 1.23 bits per heavy atom. The van der Waals surface area contributed by atoms with E-state index in [2.05, 4.69) is 10.3 Å². The molecule has 1 heterocycles. The number of carbonyl (C=O) groups excluding carboxylic acids is 1. The molecule has 0 spiro atoms. The van der Waals surface area contributed by atoms with E-state index in [0.717, 1.165) is 22.4 Å². The molecule has 1 aromatic heterocycles. The molecule has 0 aliphatic rings. The number of hydrogen-bond acceptors (Lipinski definition) is 3. The van der Waals surface area contributed by atoms with Crippen molar-refractivity contribution in [2.75, 3.05) is 5.32 Å². The zero-order valence-corrected chi connectivity index (χ0v) is 12.9. The number of aromatic nitrogens is 1. The van der Waals surface area contributed by atoms with Crippen LogP contribution in [0.4, 0.5) is 5.69 Å². The number of para-hydroxylation sites is 2. The number of benzene rings is 2. The van der Waals surface area contributed by atoms with Crippen molar-refractivity contribution in [2.24, 2.45) is 0 Å². The van der Waals surface area contributed by atoms with Crippen molar-refractivity contribution in [1.29, 1.82) is 0 Å². The summed E-state index contributed by atoms with van der Waals surface area (Å²) in [6.45, 7) is 1.87. The SMILES string of the molecule is Cc1c(Cl)cccc1NC(=O)CCc1nc2ccccc2o1. The van der Waals surface area contributed by atoms with E-state index in [1.807, 2.05) is 43.3 Å². The van der Waals surface area contributed by atoms with E-state index >= 15 is 0 Å². The van der Waals surface area contributed by atoms with E-state index < -0.39 is 0 Å². The summed E-state index contributed by atoms with van der Waals surface area (Å²) in [5.74, 6) is 0.479. The van der Waals surface area contributed by atoms with E-state index in [-0.39, 0.29) is 5.91 Å². The molecule has 22 heavy (non-hydrogen) atoms. The highest BCUT2D eigenvalue weighted by Gasteiger charge is 2.10. The van der Waals surface area contributed by atoms with Gasteiger partial charge in [0, 0.05) is 23.6 Å². The van der Waals surface area contributed by atoms with Gasteiger partial charge in [0.25, 0.3) is 0 Å². The first kappa shape index (κ1) is 14.6. The van der Waals surface area contributed by atoms with Crippen molar-refractivity contribution in [2.45, 2.75) is 19.8 Å². The first-order valence-electron chi connectivity index (χ1n) is 7.03. The van der Waals surface area contributed by atoms with Crippen molar-refractivity contribution < 1.29 is 9.21 Å². The summed E-state index contributed by atoms with van der Waals surface area (Å²) >= 11 is 6.04. The van der Waals surface area contributed by atoms with Crippen LogP contribution in [0.1, 0.15) is 17.9 Å². The molecule has 3 rings (SSSR count). The van der Waals surface area contributed by atoms with Gasteiger partial charge in [0.05, 0.1) is 0 Å². The number of nitrogens with one attached hydrogen (secondary N) is 1. The first-order chi connectivity index (χ1) is 10.6. The second-order valence-corrected chi connectivity index (χ2v) is 5.44. The van der Waals surface area contributed by atoms with Gasteiger partial charge in [-0.15, -0.1) is 0 Å². The number of anilines is 1. The van der Waals surface area contributed by atoms with Crippen LogP contribution >= 0.6 is 11.6 Å². The monoisotopic (exact) mass is 314 g/mol. The first-order valence-corrected chi connectivity index (χ1v) is 7.41. The summed E-state index contributed by atoms with van der Waals surface area (Å²) in [7, 11) is 0. The van der Waals surface area contributed by atoms with Crippen molar-refractivity contribution in [3.63, 3.8) is 0 Å². The summed E-state index contributed by atoms with van der Waals surface area (Å²) < 4.78 is 5.60. The molecule has 0 radical (unpaired) electrons. The van der Waals surface area contributed by atoms with Crippen LogP contribution in [0, 0.1) is 6.92 Å². The predicted molar refractivity (Wildman–Crippen MR) is 87.1 cm³/mol. The van der Waals surface area contributed by atoms with Crippen molar-refractivity contribution in [3.8, 4) is 0 Å². The Morgan fingerprint density at radius 2 is 2.05 bits per heavy atom. The molecule has 5 heteroatoms. The van der Waals surface area contributed by atoms with Gasteiger partial charge in [0.2, 0.25) is 5.91 Å². The largest absolute Gasteiger partial charge is 0.441 e. The highest BCUT2D eigenvalue weighted by Crippen LogP contribution is 2.23. The quantitative estimate of drug-likeness (QED) is 0.778. The second kappa shape index (κ2) is 6.20. The lowest BCUT2D eigenvalue weighted by molar-refractivity contribution is -0.116. The highest BCUT2D eigenvalue weighted by atomic mass is 35.5. The van der Waals surface area contributed by atoms with Crippen LogP contribution in [0.5, 0.6) is 0 Å². The molecule has 0 aliphatic heterocycles. The molecule has 0 saturated heterocycles. The van der Waals surface area contributed by atoms with E-state index in [9.17, 15) is 4.79 Å². The van der Waals surface area contributed by atoms with Crippen molar-refractivity contribution >= 4 is 34.3 Å². The zero-order valence-electron chi connectivity index (χ0n) is 12.1. The van der Waals surface area contributed by atoms with Gasteiger partial charge in [-0.1, -0.05) is 29.8 Å². The molecule has 0 bridgehead atoms. The number of nitrogens with zero attached hydrogens (tertiary/aromatic N) is 1. The molecule has 4 nitrogen and oxygen atoms in total. The van der Waals surface area contributed by atoms with E-state index in [1.54, 1.807) is 6.07 Å². The molecule has 1 amide bonds. The minimum Gasteiger partial charge on any atom is -0.441 e. The summed E-state index contributed by atoms with van der Waals surface area (Å²) in [5.41, 5.74) is 3.14. The molecule has 3 aromatic rings. The smallest absolute Gasteiger partial charge is 0.224 e. The van der Waals surface area contributed by atoms with Gasteiger partial charge in [-0.3, -0.25) is 4.79 Å². The number of hydrogen-bond donors (Lipinski definition) is 1. The van der Waals surface area contributed by atoms with Crippen LogP contribution in [0.3, 0.4) is 0 Å². The van der Waals surface area contributed by atoms with Crippen LogP contribution in [0.25, 0.3) is 11.1 Å². The molecular weight excluding hydrogens is 300 g/mol. The van der Waals surface area contributed by atoms with E-state index in [0.29, 0.717) is 23.8 Å². The number of rotatable bonds is 4. The minimum atomic E-state index is -0.0902. The number of carbonyl (C=O) groups is 1. The second-order valence-electron chi connectivity index (χ2n) is 5.04. The Kier molecular flexibility index (Phi) is 4.11. The molecule has 0 atom stereocenters. The predicted octanol–water partition coefficient (Wildman–Crippen LogP) is 4.36. The van der Waals surface area contributed by atoms with Crippen LogP contribution in [-0.4, -0.2) is 10.9 Å². The fourth-order valence-corrected chi connectivity index (χ4v) is 2.38. The Labute approximate surface area is 133 Å². The minimum absolute atomic E-state index is 0.0902. The van der Waals surface area contributed by atoms with E-state index in [4.69, 9.17) is 16.0 Å². The third-order valence-electron chi connectivity index (χ3n) is 3.45. The standard InChI is InChI=1S/C17H15ClN2O2/c1-11-12(18)5-4-7-13(11)19-16(21)9-10-17-20-14-6-2-3-8-15(14)22-17/h2-8H,9-10H2,1H3,(H,19,21). The van der Waals surface area contributed by atoms with Crippen LogP contribution in [-0.2, 0) is 11.2 Å². The maximum Gasteiger partial charge on any atom is 0.224 e. The number of oxazole rings is 1. The Morgan fingerprint density at radius 3 is 2.86 bits per heavy atom. The summed E-state index contributed by atoms with van der Waals surface area (Å²) in [6.07, 6.45) is 0.763. The third-order valence-corrected chi connectivity index (χ3v) is 3.86. The number of fused-ring (bicyclic) bond motifs is 1. The maximum absolute atomic E-state index is 12.0. The maximum atomic E-state index is 12.0. The Bertz CT molecular complexity index is 793. The fraction of sp³-hybridized carbons (Fsp3) is 0.176. The number of aryl methyl sites for hydroxylation is 1. The molecule has 0 fully saturated rings. The molecule has 2 aromatic carbocycles. The molecule has 1 N–H and O–H groups in total. The Balaban J connectivity index is 1.63. The van der Waals surface area contributed by atoms with Crippen LogP contribution < -0.4 is 5.32 Å². The lowest BCUT2D eigenvalue weighted by atomic mass is 10.2. The average molecular weight is 315 g/mol. The summed E-state index contributed by atoms with van der Waals surface area (Å²) in [5, 5.41) is 3.50. The average Bonchev–Trinajstić information content (AvgIpc) is 2.93. The lowest BCUT2D eigenvalue weighted by Gasteiger charge is -2.08. The van der Waals surface area contributed by atoms with Crippen LogP contribution in [0.15, 0.2) is 46.9 Å². The number of halogens is 1. The van der Waals surface area contributed by atoms with Crippen LogP contribution in [0.2, 0.25) is 5.02 Å². The van der Waals surface area contributed by atoms with Crippen molar-refractivity contribution in [3.05, 3.63) is 58.9 Å². The van der Waals surface area contributed by atoms with Gasteiger partial charge in [-0.05, 0) is 36.8 Å². The molecular formula is C17H15ClN2O2. The molecule has 0 aliphatic carbocycles. The van der Waals surface area contributed by atoms with Gasteiger partial charge in [-0.25, -0.2) is 4.98 Å². The van der Waals surface area contributed by atoms with Gasteiger partial charge in [0.15, 0.2) is 11.5 Å². The molecule has 0 saturated carbocycles. The highest BCUT2D eigenvalue weighted by molar-refractivity contribution is 6.31. The van der Waals surface area contributed by atoms with E-state index in [1.165, 1.54) is 0 Å². The summed E-state index contributed by atoms with van der Waals surface area (Å²) in [6, 6.07) is 13.0. The third kappa shape index (κ3) is 3.12. The van der Waals surface area contributed by atoms with Gasteiger partial charge < -0.3 is 9.73 Å².